The monoisotopic (exact) mass is 295 g/mol. The van der Waals surface area contributed by atoms with Crippen molar-refractivity contribution >= 4 is 0 Å². The molecule has 1 saturated carbocycles. The van der Waals surface area contributed by atoms with E-state index in [1.54, 1.807) is 0 Å². The predicted molar refractivity (Wildman–Crippen MR) is 33.9 cm³/mol. The second-order valence-corrected chi connectivity index (χ2v) is 3.67. The van der Waals surface area contributed by atoms with Crippen LogP contribution < -0.4 is 0 Å². The van der Waals surface area contributed by atoms with Gasteiger partial charge in [0.1, 0.15) is 0 Å². The van der Waals surface area contributed by atoms with Gasteiger partial charge >= 0.3 is 29.6 Å². The van der Waals surface area contributed by atoms with Gasteiger partial charge in [-0.25, -0.2) is 4.39 Å². The first kappa shape index (κ1) is 15.3. The van der Waals surface area contributed by atoms with Crippen LogP contribution in [0.1, 0.15) is 0 Å². The van der Waals surface area contributed by atoms with Crippen LogP contribution in [0.25, 0.3) is 0 Å². The van der Waals surface area contributed by atoms with E-state index >= 15 is 0 Å². The molecule has 1 aliphatic carbocycles. The fourth-order valence-electron chi connectivity index (χ4n) is 1.29. The lowest BCUT2D eigenvalue weighted by atomic mass is 9.73. The lowest BCUT2D eigenvalue weighted by Crippen LogP contribution is -2.83. The van der Waals surface area contributed by atoms with E-state index in [1.165, 1.54) is 6.92 Å². The Labute approximate surface area is 91.7 Å². The molecule has 0 unspecified atom stereocenters. The van der Waals surface area contributed by atoms with Crippen LogP contribution in [-0.2, 0) is 0 Å². The largest absolute Gasteiger partial charge is 0.384 e. The molecule has 0 atom stereocenters. The zero-order valence-electron chi connectivity index (χ0n) is 7.86. The summed E-state index contributed by atoms with van der Waals surface area (Å²) in [4.78, 5) is 0. The molecule has 0 aromatic carbocycles. The summed E-state index contributed by atoms with van der Waals surface area (Å²) in [6, 6.07) is 0. The SMILES string of the molecule is [CH2]C1(F)C(F)(F)C(F)(F)C(F)(F)C(F)(F)C1(F)F. The molecule has 0 bridgehead atoms. The molecular formula is C7H2F11. The minimum absolute atomic E-state index is 1.23. The van der Waals surface area contributed by atoms with Gasteiger partial charge in [0, 0.05) is 0 Å². The summed E-state index contributed by atoms with van der Waals surface area (Å²) in [6.07, 6.45) is 0. The van der Waals surface area contributed by atoms with Gasteiger partial charge in [0.15, 0.2) is 0 Å². The quantitative estimate of drug-likeness (QED) is 0.598. The van der Waals surface area contributed by atoms with Crippen molar-refractivity contribution in [2.24, 2.45) is 0 Å². The van der Waals surface area contributed by atoms with Gasteiger partial charge in [0.2, 0.25) is 5.67 Å². The molecule has 0 heterocycles. The predicted octanol–water partition coefficient (Wildman–Crippen LogP) is 3.72. The fourth-order valence-corrected chi connectivity index (χ4v) is 1.29. The Morgan fingerprint density at radius 3 is 0.778 bits per heavy atom. The number of halogens is 11. The van der Waals surface area contributed by atoms with Crippen molar-refractivity contribution in [3.8, 4) is 0 Å². The molecule has 1 radical (unpaired) electrons. The number of alkyl halides is 11. The molecular weight excluding hydrogens is 293 g/mol. The smallest absolute Gasteiger partial charge is 0.230 e. The molecule has 0 N–H and O–H groups in total. The van der Waals surface area contributed by atoms with Crippen molar-refractivity contribution in [3.05, 3.63) is 6.92 Å². The topological polar surface area (TPSA) is 0 Å². The van der Waals surface area contributed by atoms with Crippen LogP contribution in [0.3, 0.4) is 0 Å². The fraction of sp³-hybridized carbons (Fsp3) is 0.857. The van der Waals surface area contributed by atoms with Crippen molar-refractivity contribution in [1.82, 2.24) is 0 Å². The molecule has 0 aromatic rings. The second kappa shape index (κ2) is 3.03. The van der Waals surface area contributed by atoms with E-state index in [-0.39, 0.29) is 0 Å². The standard InChI is InChI=1S/C7H2F11/c1-2(8)3(9,10)5(13,14)7(17,18)6(15,16)4(2,11)12/h1H2. The van der Waals surface area contributed by atoms with E-state index in [1.807, 2.05) is 0 Å². The van der Waals surface area contributed by atoms with Crippen molar-refractivity contribution < 1.29 is 48.3 Å². The highest BCUT2D eigenvalue weighted by Crippen LogP contribution is 2.68. The molecule has 11 heteroatoms. The highest BCUT2D eigenvalue weighted by Gasteiger charge is 2.99. The third-order valence-corrected chi connectivity index (χ3v) is 2.57. The van der Waals surface area contributed by atoms with Gasteiger partial charge in [-0.1, -0.05) is 0 Å². The van der Waals surface area contributed by atoms with Crippen molar-refractivity contribution in [3.63, 3.8) is 0 Å². The van der Waals surface area contributed by atoms with E-state index in [4.69, 9.17) is 0 Å². The maximum atomic E-state index is 12.9. The third kappa shape index (κ3) is 1.09. The van der Waals surface area contributed by atoms with Crippen LogP contribution in [0.2, 0.25) is 0 Å². The molecule has 0 amide bonds. The zero-order chi connectivity index (χ0) is 15.0. The van der Waals surface area contributed by atoms with Crippen molar-refractivity contribution in [1.29, 1.82) is 0 Å². The maximum absolute atomic E-state index is 12.9. The number of hydrogen-bond donors (Lipinski definition) is 0. The molecule has 1 fully saturated rings. The molecule has 0 nitrogen and oxygen atoms in total. The Morgan fingerprint density at radius 1 is 0.389 bits per heavy atom. The highest BCUT2D eigenvalue weighted by atomic mass is 19.4. The van der Waals surface area contributed by atoms with Crippen molar-refractivity contribution in [2.45, 2.75) is 35.3 Å². The molecule has 0 aliphatic heterocycles. The maximum Gasteiger partial charge on any atom is 0.384 e. The first-order valence-electron chi connectivity index (χ1n) is 3.93. The summed E-state index contributed by atoms with van der Waals surface area (Å²) in [7, 11) is 0. The summed E-state index contributed by atoms with van der Waals surface area (Å²) < 4.78 is 138. The van der Waals surface area contributed by atoms with Gasteiger partial charge in [-0.05, 0) is 6.92 Å². The first-order valence-corrected chi connectivity index (χ1v) is 3.93. The lowest BCUT2D eigenvalue weighted by molar-refractivity contribution is -0.477. The Morgan fingerprint density at radius 2 is 0.556 bits per heavy atom. The average molecular weight is 295 g/mol. The Balaban J connectivity index is 3.72. The minimum Gasteiger partial charge on any atom is -0.230 e. The van der Waals surface area contributed by atoms with Crippen molar-refractivity contribution in [2.75, 3.05) is 0 Å². The molecule has 107 valence electrons. The van der Waals surface area contributed by atoms with Gasteiger partial charge < -0.3 is 0 Å². The Kier molecular flexibility index (Phi) is 2.58. The van der Waals surface area contributed by atoms with Gasteiger partial charge in [-0.3, -0.25) is 0 Å². The zero-order valence-corrected chi connectivity index (χ0v) is 7.86. The summed E-state index contributed by atoms with van der Waals surface area (Å²) in [5.41, 5.74) is -6.10. The van der Waals surface area contributed by atoms with Crippen LogP contribution in [0, 0.1) is 6.92 Å². The van der Waals surface area contributed by atoms with E-state index in [2.05, 4.69) is 0 Å². The minimum atomic E-state index is -7.15. The molecule has 0 saturated heterocycles. The molecule has 0 spiro atoms. The highest BCUT2D eigenvalue weighted by molar-refractivity contribution is 5.27. The van der Waals surface area contributed by atoms with E-state index in [9.17, 15) is 48.3 Å². The lowest BCUT2D eigenvalue weighted by Gasteiger charge is -2.51. The van der Waals surface area contributed by atoms with Crippen LogP contribution in [0.4, 0.5) is 48.3 Å². The molecule has 1 rings (SSSR count). The summed E-state index contributed by atoms with van der Waals surface area (Å²) >= 11 is 0. The Bertz CT molecular complexity index is 249. The van der Waals surface area contributed by atoms with Gasteiger partial charge in [0.25, 0.3) is 0 Å². The van der Waals surface area contributed by atoms with Gasteiger partial charge in [0.05, 0.1) is 0 Å². The second-order valence-electron chi connectivity index (χ2n) is 3.67. The van der Waals surface area contributed by atoms with Crippen LogP contribution in [0.15, 0.2) is 0 Å². The summed E-state index contributed by atoms with van der Waals surface area (Å²) in [6.45, 7) is 1.23. The molecule has 18 heavy (non-hydrogen) atoms. The van der Waals surface area contributed by atoms with E-state index in [0.717, 1.165) is 0 Å². The number of hydrogen-bond acceptors (Lipinski definition) is 0. The molecule has 0 aromatic heterocycles. The summed E-state index contributed by atoms with van der Waals surface area (Å²) in [5, 5.41) is 0. The van der Waals surface area contributed by atoms with Crippen LogP contribution >= 0.6 is 0 Å². The van der Waals surface area contributed by atoms with E-state index < -0.39 is 35.3 Å². The molecule has 1 aliphatic rings. The van der Waals surface area contributed by atoms with Gasteiger partial charge in [-0.2, -0.15) is 43.9 Å². The summed E-state index contributed by atoms with van der Waals surface area (Å²) in [5.74, 6) is -34.8. The van der Waals surface area contributed by atoms with Crippen LogP contribution in [-0.4, -0.2) is 35.3 Å². The third-order valence-electron chi connectivity index (χ3n) is 2.57. The van der Waals surface area contributed by atoms with Crippen LogP contribution in [0.5, 0.6) is 0 Å². The Hall–Kier alpha value is -0.770. The normalized spacial score (nSPS) is 34.0. The van der Waals surface area contributed by atoms with E-state index in [0.29, 0.717) is 0 Å². The average Bonchev–Trinajstić information content (AvgIpc) is 2.14. The van der Waals surface area contributed by atoms with Gasteiger partial charge in [-0.15, -0.1) is 0 Å². The number of rotatable bonds is 0. The first-order chi connectivity index (χ1) is 7.50.